The van der Waals surface area contributed by atoms with Crippen molar-refractivity contribution >= 4 is 5.91 Å². The minimum atomic E-state index is 0.266. The first kappa shape index (κ1) is 16.4. The van der Waals surface area contributed by atoms with Gasteiger partial charge in [-0.2, -0.15) is 0 Å². The molecule has 4 heteroatoms. The molecule has 0 saturated carbocycles. The van der Waals surface area contributed by atoms with Crippen LogP contribution in [0.1, 0.15) is 33.6 Å². The molecule has 4 nitrogen and oxygen atoms in total. The van der Waals surface area contributed by atoms with E-state index in [4.69, 9.17) is 0 Å². The van der Waals surface area contributed by atoms with Crippen molar-refractivity contribution in [2.45, 2.75) is 39.7 Å². The number of hydrogen-bond acceptors (Lipinski definition) is 3. The predicted molar refractivity (Wildman–Crippen MR) is 73.2 cm³/mol. The zero-order chi connectivity index (χ0) is 13.3. The van der Waals surface area contributed by atoms with Gasteiger partial charge in [-0.3, -0.25) is 4.79 Å². The fraction of sp³-hybridized carbons (Fsp3) is 0.923. The van der Waals surface area contributed by atoms with E-state index >= 15 is 0 Å². The number of hydrogen-bond donors (Lipinski definition) is 1. The largest absolute Gasteiger partial charge is 0.341 e. The van der Waals surface area contributed by atoms with Crippen molar-refractivity contribution in [3.05, 3.63) is 0 Å². The van der Waals surface area contributed by atoms with E-state index in [9.17, 15) is 4.79 Å². The highest BCUT2D eigenvalue weighted by molar-refractivity contribution is 5.76. The Kier molecular flexibility index (Phi) is 9.09. The second-order valence-electron chi connectivity index (χ2n) is 4.85. The molecule has 1 atom stereocenters. The number of likely N-dealkylation sites (N-methyl/N-ethyl adjacent to an activating group) is 1. The number of carbonyl (C=O) groups is 1. The summed E-state index contributed by atoms with van der Waals surface area (Å²) in [5, 5.41) is 3.28. The van der Waals surface area contributed by atoms with Gasteiger partial charge in [0.1, 0.15) is 0 Å². The van der Waals surface area contributed by atoms with Gasteiger partial charge in [0.05, 0.1) is 0 Å². The second kappa shape index (κ2) is 9.42. The van der Waals surface area contributed by atoms with Crippen molar-refractivity contribution < 1.29 is 4.79 Å². The normalized spacial score (nSPS) is 12.8. The third kappa shape index (κ3) is 8.16. The minimum absolute atomic E-state index is 0.266. The molecule has 0 saturated heterocycles. The molecule has 102 valence electrons. The van der Waals surface area contributed by atoms with Crippen LogP contribution in [0.5, 0.6) is 0 Å². The molecule has 0 aliphatic rings. The molecule has 0 fully saturated rings. The van der Waals surface area contributed by atoms with Crippen LogP contribution < -0.4 is 5.32 Å². The Morgan fingerprint density at radius 3 is 2.29 bits per heavy atom. The van der Waals surface area contributed by atoms with Gasteiger partial charge in [-0.1, -0.05) is 13.8 Å². The molecule has 0 bridgehead atoms. The molecule has 0 rings (SSSR count). The van der Waals surface area contributed by atoms with Gasteiger partial charge in [0.25, 0.3) is 0 Å². The van der Waals surface area contributed by atoms with Crippen LogP contribution in [-0.2, 0) is 4.79 Å². The Hall–Kier alpha value is -0.610. The van der Waals surface area contributed by atoms with Crippen molar-refractivity contribution in [1.29, 1.82) is 0 Å². The van der Waals surface area contributed by atoms with Crippen LogP contribution in [-0.4, -0.2) is 62.0 Å². The van der Waals surface area contributed by atoms with E-state index in [1.54, 1.807) is 0 Å². The lowest BCUT2D eigenvalue weighted by atomic mass is 10.2. The highest BCUT2D eigenvalue weighted by Gasteiger charge is 2.15. The van der Waals surface area contributed by atoms with Gasteiger partial charge in [0.15, 0.2) is 0 Å². The fourth-order valence-electron chi connectivity index (χ4n) is 1.76. The van der Waals surface area contributed by atoms with E-state index in [0.717, 1.165) is 32.6 Å². The summed E-state index contributed by atoms with van der Waals surface area (Å²) >= 11 is 0. The van der Waals surface area contributed by atoms with Gasteiger partial charge >= 0.3 is 0 Å². The van der Waals surface area contributed by atoms with Crippen LogP contribution in [0, 0.1) is 0 Å². The van der Waals surface area contributed by atoms with Gasteiger partial charge in [0, 0.05) is 32.1 Å². The SMILES string of the molecule is CCCN(CCN(C)C)C(=O)CC(C)NCC. The molecular weight excluding hydrogens is 214 g/mol. The summed E-state index contributed by atoms with van der Waals surface area (Å²) in [6, 6.07) is 0.270. The van der Waals surface area contributed by atoms with E-state index in [0.29, 0.717) is 6.42 Å². The second-order valence-corrected chi connectivity index (χ2v) is 4.85. The maximum atomic E-state index is 12.1. The van der Waals surface area contributed by atoms with Crippen LogP contribution >= 0.6 is 0 Å². The van der Waals surface area contributed by atoms with Gasteiger partial charge in [-0.15, -0.1) is 0 Å². The maximum Gasteiger partial charge on any atom is 0.224 e. The molecule has 0 spiro atoms. The summed E-state index contributed by atoms with van der Waals surface area (Å²) in [5.74, 6) is 0.266. The van der Waals surface area contributed by atoms with Gasteiger partial charge < -0.3 is 15.1 Å². The molecule has 0 aliphatic heterocycles. The van der Waals surface area contributed by atoms with E-state index in [1.165, 1.54) is 0 Å². The quantitative estimate of drug-likeness (QED) is 0.660. The Morgan fingerprint density at radius 2 is 1.82 bits per heavy atom. The summed E-state index contributed by atoms with van der Waals surface area (Å²) < 4.78 is 0. The first-order chi connectivity index (χ1) is 8.01. The van der Waals surface area contributed by atoms with Crippen molar-refractivity contribution in [1.82, 2.24) is 15.1 Å². The molecule has 0 aliphatic carbocycles. The standard InChI is InChI=1S/C13H29N3O/c1-6-8-16(10-9-15(4)5)13(17)11-12(3)14-7-2/h12,14H,6-11H2,1-5H3. The highest BCUT2D eigenvalue weighted by Crippen LogP contribution is 2.00. The van der Waals surface area contributed by atoms with Crippen molar-refractivity contribution in [3.8, 4) is 0 Å². The van der Waals surface area contributed by atoms with E-state index in [2.05, 4.69) is 31.0 Å². The molecule has 0 radical (unpaired) electrons. The van der Waals surface area contributed by atoms with Crippen molar-refractivity contribution in [2.24, 2.45) is 0 Å². The van der Waals surface area contributed by atoms with Gasteiger partial charge in [0.2, 0.25) is 5.91 Å². The highest BCUT2D eigenvalue weighted by atomic mass is 16.2. The average Bonchev–Trinajstić information content (AvgIpc) is 2.23. The number of nitrogens with zero attached hydrogens (tertiary/aromatic N) is 2. The first-order valence-corrected chi connectivity index (χ1v) is 6.67. The van der Waals surface area contributed by atoms with Crippen LogP contribution in [0.25, 0.3) is 0 Å². The van der Waals surface area contributed by atoms with Crippen LogP contribution in [0.4, 0.5) is 0 Å². The zero-order valence-electron chi connectivity index (χ0n) is 12.1. The Balaban J connectivity index is 4.13. The summed E-state index contributed by atoms with van der Waals surface area (Å²) in [7, 11) is 4.08. The lowest BCUT2D eigenvalue weighted by molar-refractivity contribution is -0.131. The molecule has 1 amide bonds. The van der Waals surface area contributed by atoms with Crippen molar-refractivity contribution in [3.63, 3.8) is 0 Å². The van der Waals surface area contributed by atoms with E-state index < -0.39 is 0 Å². The molecule has 1 N–H and O–H groups in total. The van der Waals surface area contributed by atoms with E-state index in [-0.39, 0.29) is 11.9 Å². The smallest absolute Gasteiger partial charge is 0.224 e. The monoisotopic (exact) mass is 243 g/mol. The van der Waals surface area contributed by atoms with Crippen molar-refractivity contribution in [2.75, 3.05) is 40.3 Å². The summed E-state index contributed by atoms with van der Waals surface area (Å²) in [5.41, 5.74) is 0. The molecular formula is C13H29N3O. The summed E-state index contributed by atoms with van der Waals surface area (Å²) in [6.07, 6.45) is 1.62. The number of rotatable bonds is 9. The Labute approximate surface area is 106 Å². The Morgan fingerprint density at radius 1 is 1.18 bits per heavy atom. The predicted octanol–water partition coefficient (Wildman–Crippen LogP) is 1.17. The number of amides is 1. The average molecular weight is 243 g/mol. The molecule has 17 heavy (non-hydrogen) atoms. The maximum absolute atomic E-state index is 12.1. The number of nitrogens with one attached hydrogen (secondary N) is 1. The summed E-state index contributed by atoms with van der Waals surface area (Å²) in [6.45, 7) is 9.79. The third-order valence-electron chi connectivity index (χ3n) is 2.70. The molecule has 1 unspecified atom stereocenters. The van der Waals surface area contributed by atoms with Crippen LogP contribution in [0.3, 0.4) is 0 Å². The zero-order valence-corrected chi connectivity index (χ0v) is 12.1. The topological polar surface area (TPSA) is 35.6 Å². The lowest BCUT2D eigenvalue weighted by Crippen LogP contribution is -2.40. The lowest BCUT2D eigenvalue weighted by Gasteiger charge is -2.25. The van der Waals surface area contributed by atoms with Gasteiger partial charge in [-0.25, -0.2) is 0 Å². The molecule has 0 aromatic carbocycles. The van der Waals surface area contributed by atoms with E-state index in [1.807, 2.05) is 19.0 Å². The Bertz CT molecular complexity index is 207. The number of carbonyl (C=O) groups excluding carboxylic acids is 1. The molecule has 0 aromatic rings. The van der Waals surface area contributed by atoms with Gasteiger partial charge in [-0.05, 0) is 34.0 Å². The van der Waals surface area contributed by atoms with Crippen LogP contribution in [0.15, 0.2) is 0 Å². The fourth-order valence-corrected chi connectivity index (χ4v) is 1.76. The minimum Gasteiger partial charge on any atom is -0.341 e. The molecule has 0 heterocycles. The van der Waals surface area contributed by atoms with Crippen LogP contribution in [0.2, 0.25) is 0 Å². The molecule has 0 aromatic heterocycles. The third-order valence-corrected chi connectivity index (χ3v) is 2.70. The summed E-state index contributed by atoms with van der Waals surface area (Å²) in [4.78, 5) is 16.2. The first-order valence-electron chi connectivity index (χ1n) is 6.67.